The molecule has 26 heavy (non-hydrogen) atoms. The number of methoxy groups -OCH3 is 1. The normalized spacial score (nSPS) is 14.8. The van der Waals surface area contributed by atoms with Crippen molar-refractivity contribution in [2.24, 2.45) is 0 Å². The predicted octanol–water partition coefficient (Wildman–Crippen LogP) is 3.06. The zero-order valence-electron chi connectivity index (χ0n) is 15.8. The van der Waals surface area contributed by atoms with Gasteiger partial charge >= 0.3 is 11.9 Å². The molecule has 1 aromatic carbocycles. The van der Waals surface area contributed by atoms with Crippen LogP contribution in [0.25, 0.3) is 0 Å². The second kappa shape index (κ2) is 8.56. The zero-order chi connectivity index (χ0) is 19.3. The molecule has 1 aliphatic heterocycles. The van der Waals surface area contributed by atoms with E-state index in [0.717, 1.165) is 5.56 Å². The van der Waals surface area contributed by atoms with Gasteiger partial charge in [0.2, 0.25) is 0 Å². The van der Waals surface area contributed by atoms with Crippen molar-refractivity contribution in [1.29, 1.82) is 0 Å². The van der Waals surface area contributed by atoms with Crippen LogP contribution in [0.3, 0.4) is 0 Å². The van der Waals surface area contributed by atoms with Crippen LogP contribution in [0.2, 0.25) is 0 Å². The summed E-state index contributed by atoms with van der Waals surface area (Å²) in [7, 11) is 1.57. The Labute approximate surface area is 153 Å². The molecule has 6 heteroatoms. The fourth-order valence-electron chi connectivity index (χ4n) is 3.11. The van der Waals surface area contributed by atoms with Gasteiger partial charge in [-0.1, -0.05) is 12.1 Å². The monoisotopic (exact) mass is 359 g/mol. The highest BCUT2D eigenvalue weighted by Gasteiger charge is 2.38. The maximum absolute atomic E-state index is 12.7. The Morgan fingerprint density at radius 1 is 1.00 bits per heavy atom. The Kier molecular flexibility index (Phi) is 6.44. The molecule has 1 heterocycles. The molecule has 0 aliphatic carbocycles. The molecule has 1 aliphatic rings. The Morgan fingerprint density at radius 2 is 1.54 bits per heavy atom. The second-order valence-corrected chi connectivity index (χ2v) is 5.85. The first-order chi connectivity index (χ1) is 12.4. The third-order valence-electron chi connectivity index (χ3n) is 4.18. The molecule has 1 aromatic rings. The number of rotatable bonds is 6. The molecule has 0 saturated heterocycles. The molecule has 0 fully saturated rings. The number of allylic oxidation sites excluding steroid dienone is 2. The number of nitrogens with one attached hydrogen (secondary N) is 1. The number of hydrogen-bond donors (Lipinski definition) is 1. The molecule has 0 spiro atoms. The fourth-order valence-corrected chi connectivity index (χ4v) is 3.11. The van der Waals surface area contributed by atoms with Crippen molar-refractivity contribution in [2.75, 3.05) is 20.3 Å². The predicted molar refractivity (Wildman–Crippen MR) is 97.5 cm³/mol. The molecule has 1 N–H and O–H groups in total. The summed E-state index contributed by atoms with van der Waals surface area (Å²) in [5.41, 5.74) is 2.86. The Bertz CT molecular complexity index is 723. The summed E-state index contributed by atoms with van der Waals surface area (Å²) in [6, 6.07) is 7.31. The van der Waals surface area contributed by atoms with Gasteiger partial charge in [0.25, 0.3) is 0 Å². The minimum Gasteiger partial charge on any atom is -0.497 e. The third-order valence-corrected chi connectivity index (χ3v) is 4.18. The van der Waals surface area contributed by atoms with Gasteiger partial charge in [-0.3, -0.25) is 0 Å². The van der Waals surface area contributed by atoms with Gasteiger partial charge in [0.15, 0.2) is 0 Å². The topological polar surface area (TPSA) is 73.9 Å². The van der Waals surface area contributed by atoms with E-state index >= 15 is 0 Å². The van der Waals surface area contributed by atoms with E-state index < -0.39 is 17.9 Å². The van der Waals surface area contributed by atoms with Crippen molar-refractivity contribution in [3.8, 4) is 5.75 Å². The molecule has 0 amide bonds. The molecule has 0 atom stereocenters. The molecule has 0 bridgehead atoms. The van der Waals surface area contributed by atoms with E-state index in [4.69, 9.17) is 14.2 Å². The van der Waals surface area contributed by atoms with Crippen molar-refractivity contribution in [3.05, 3.63) is 52.4 Å². The van der Waals surface area contributed by atoms with Crippen molar-refractivity contribution >= 4 is 11.9 Å². The van der Waals surface area contributed by atoms with Crippen LogP contribution in [-0.4, -0.2) is 32.3 Å². The average Bonchev–Trinajstić information content (AvgIpc) is 2.61. The lowest BCUT2D eigenvalue weighted by Gasteiger charge is -2.30. The molecule has 6 nitrogen and oxygen atoms in total. The van der Waals surface area contributed by atoms with Gasteiger partial charge in [0, 0.05) is 11.4 Å². The van der Waals surface area contributed by atoms with Crippen LogP contribution in [0, 0.1) is 0 Å². The van der Waals surface area contributed by atoms with Crippen molar-refractivity contribution < 1.29 is 23.8 Å². The molecule has 0 aromatic heterocycles. The maximum atomic E-state index is 12.7. The fraction of sp³-hybridized carbons (Fsp3) is 0.400. The summed E-state index contributed by atoms with van der Waals surface area (Å²) >= 11 is 0. The van der Waals surface area contributed by atoms with Crippen molar-refractivity contribution in [3.63, 3.8) is 0 Å². The largest absolute Gasteiger partial charge is 0.497 e. The number of esters is 2. The highest BCUT2D eigenvalue weighted by Crippen LogP contribution is 2.40. The Morgan fingerprint density at radius 3 is 2.00 bits per heavy atom. The minimum atomic E-state index is -0.593. The van der Waals surface area contributed by atoms with Crippen LogP contribution in [0.1, 0.15) is 39.2 Å². The van der Waals surface area contributed by atoms with Crippen LogP contribution in [0.15, 0.2) is 46.8 Å². The number of hydrogen-bond acceptors (Lipinski definition) is 6. The van der Waals surface area contributed by atoms with E-state index in [1.165, 1.54) is 0 Å². The smallest absolute Gasteiger partial charge is 0.336 e. The molecule has 0 saturated carbocycles. The second-order valence-electron chi connectivity index (χ2n) is 5.85. The number of benzene rings is 1. The third kappa shape index (κ3) is 3.90. The van der Waals surface area contributed by atoms with E-state index in [2.05, 4.69) is 5.32 Å². The number of carbonyl (C=O) groups is 2. The Balaban J connectivity index is 2.65. The summed E-state index contributed by atoms with van der Waals surface area (Å²) in [6.45, 7) is 7.58. The summed E-state index contributed by atoms with van der Waals surface area (Å²) in [6.07, 6.45) is 0. The number of dihydropyridines is 1. The number of carbonyl (C=O) groups excluding carboxylic acids is 2. The zero-order valence-corrected chi connectivity index (χ0v) is 15.8. The van der Waals surface area contributed by atoms with Gasteiger partial charge in [0.1, 0.15) is 5.75 Å². The standard InChI is InChI=1S/C20H25NO5/c1-6-25-19(22)16-12(3)21-13(4)17(20(23)26-7-2)18(16)14-9-8-10-15(11-14)24-5/h8-11,18,21H,6-7H2,1-5H3. The van der Waals surface area contributed by atoms with E-state index in [1.54, 1.807) is 34.8 Å². The van der Waals surface area contributed by atoms with Crippen LogP contribution in [0.5, 0.6) is 5.75 Å². The lowest BCUT2D eigenvalue weighted by atomic mass is 9.80. The quantitative estimate of drug-likeness (QED) is 0.787. The van der Waals surface area contributed by atoms with Gasteiger partial charge in [-0.2, -0.15) is 0 Å². The van der Waals surface area contributed by atoms with Crippen LogP contribution >= 0.6 is 0 Å². The highest BCUT2D eigenvalue weighted by atomic mass is 16.5. The molecule has 2 rings (SSSR count). The van der Waals surface area contributed by atoms with Gasteiger partial charge < -0.3 is 19.5 Å². The molecule has 0 radical (unpaired) electrons. The van der Waals surface area contributed by atoms with E-state index in [9.17, 15) is 9.59 Å². The van der Waals surface area contributed by atoms with Crippen molar-refractivity contribution in [2.45, 2.75) is 33.6 Å². The summed E-state index contributed by atoms with van der Waals surface area (Å²) < 4.78 is 15.8. The molecule has 140 valence electrons. The summed E-state index contributed by atoms with van der Waals surface area (Å²) in [5, 5.41) is 3.11. The first kappa shape index (κ1) is 19.6. The Hall–Kier alpha value is -2.76. The first-order valence-electron chi connectivity index (χ1n) is 8.61. The first-order valence-corrected chi connectivity index (χ1v) is 8.61. The lowest BCUT2D eigenvalue weighted by molar-refractivity contribution is -0.139. The summed E-state index contributed by atoms with van der Waals surface area (Å²) in [5.74, 6) is -0.869. The van der Waals surface area contributed by atoms with Gasteiger partial charge in [-0.15, -0.1) is 0 Å². The van der Waals surface area contributed by atoms with Crippen LogP contribution in [0.4, 0.5) is 0 Å². The maximum Gasteiger partial charge on any atom is 0.336 e. The van der Waals surface area contributed by atoms with Gasteiger partial charge in [-0.05, 0) is 45.4 Å². The number of ether oxygens (including phenoxy) is 3. The SMILES string of the molecule is CCOC(=O)C1=C(C)NC(C)=C(C(=O)OCC)C1c1cccc(OC)c1. The van der Waals surface area contributed by atoms with E-state index in [0.29, 0.717) is 28.3 Å². The van der Waals surface area contributed by atoms with Gasteiger partial charge in [0.05, 0.1) is 37.4 Å². The van der Waals surface area contributed by atoms with Gasteiger partial charge in [-0.25, -0.2) is 9.59 Å². The summed E-state index contributed by atoms with van der Waals surface area (Å²) in [4.78, 5) is 25.3. The lowest BCUT2D eigenvalue weighted by Crippen LogP contribution is -2.32. The minimum absolute atomic E-state index is 0.248. The molecular weight excluding hydrogens is 334 g/mol. The van der Waals surface area contributed by atoms with E-state index in [1.807, 2.05) is 24.3 Å². The van der Waals surface area contributed by atoms with Crippen LogP contribution in [-0.2, 0) is 19.1 Å². The van der Waals surface area contributed by atoms with Crippen molar-refractivity contribution in [1.82, 2.24) is 5.32 Å². The van der Waals surface area contributed by atoms with E-state index in [-0.39, 0.29) is 13.2 Å². The molecular formula is C20H25NO5. The average molecular weight is 359 g/mol. The highest BCUT2D eigenvalue weighted by molar-refractivity contribution is 5.99. The molecule has 0 unspecified atom stereocenters. The van der Waals surface area contributed by atoms with Crippen LogP contribution < -0.4 is 10.1 Å².